The third-order valence-electron chi connectivity index (χ3n) is 4.28. The first-order valence-corrected chi connectivity index (χ1v) is 11.1. The van der Waals surface area contributed by atoms with Crippen molar-refractivity contribution in [1.29, 1.82) is 0 Å². The molecule has 0 aromatic heterocycles. The fourth-order valence-corrected chi connectivity index (χ4v) is 3.83. The second-order valence-electron chi connectivity index (χ2n) is 6.88. The second kappa shape index (κ2) is 11.9. The Bertz CT molecular complexity index is 966. The van der Waals surface area contributed by atoms with Crippen LogP contribution in [0.25, 0.3) is 0 Å². The molecule has 0 saturated heterocycles. The summed E-state index contributed by atoms with van der Waals surface area (Å²) in [5, 5.41) is 7.08. The van der Waals surface area contributed by atoms with E-state index in [0.717, 1.165) is 9.13 Å². The number of benzene rings is 2. The van der Waals surface area contributed by atoms with Crippen molar-refractivity contribution in [3.8, 4) is 11.5 Å². The third-order valence-corrected chi connectivity index (χ3v) is 5.41. The Balaban J connectivity index is 2.10. The van der Waals surface area contributed by atoms with Gasteiger partial charge in [-0.25, -0.2) is 5.43 Å². The number of carbonyl (C=O) groups is 2. The van der Waals surface area contributed by atoms with E-state index < -0.39 is 17.9 Å². The molecule has 2 N–H and O–H groups in total. The van der Waals surface area contributed by atoms with Crippen LogP contribution in [0.3, 0.4) is 0 Å². The van der Waals surface area contributed by atoms with E-state index in [-0.39, 0.29) is 5.92 Å². The molecule has 7 nitrogen and oxygen atoms in total. The van der Waals surface area contributed by atoms with Gasteiger partial charge in [0.15, 0.2) is 11.5 Å². The molecule has 0 aliphatic rings. The minimum absolute atomic E-state index is 0.159. The number of nitrogens with zero attached hydrogens (tertiary/aromatic N) is 1. The number of hydrogen-bond acceptors (Lipinski definition) is 5. The molecule has 9 heteroatoms. The zero-order valence-electron chi connectivity index (χ0n) is 17.7. The van der Waals surface area contributed by atoms with Crippen molar-refractivity contribution in [2.45, 2.75) is 26.8 Å². The van der Waals surface area contributed by atoms with Crippen molar-refractivity contribution in [2.24, 2.45) is 11.0 Å². The second-order valence-corrected chi connectivity index (χ2v) is 8.45. The number of halogens is 2. The summed E-state index contributed by atoms with van der Waals surface area (Å²) in [6, 6.07) is 9.52. The van der Waals surface area contributed by atoms with E-state index in [0.29, 0.717) is 28.7 Å². The van der Waals surface area contributed by atoms with E-state index in [9.17, 15) is 9.59 Å². The standard InChI is InChI=1S/C22H25ClIN3O4/c1-5-31-18-11-14(10-17(24)20(18)30-4)12-25-27-22(29)19(13(2)3)26-21(28)15-8-6-7-9-16(15)23/h6-13,19H,5H2,1-4H3,(H,26,28)(H,27,29). The zero-order valence-corrected chi connectivity index (χ0v) is 20.7. The van der Waals surface area contributed by atoms with Crippen LogP contribution >= 0.6 is 34.2 Å². The summed E-state index contributed by atoms with van der Waals surface area (Å²) < 4.78 is 11.8. The molecule has 2 aromatic rings. The number of nitrogens with one attached hydrogen (secondary N) is 2. The average molecular weight is 558 g/mol. The van der Waals surface area contributed by atoms with Gasteiger partial charge in [-0.05, 0) is 65.3 Å². The molecule has 1 unspecified atom stereocenters. The Hall–Kier alpha value is -2.33. The van der Waals surface area contributed by atoms with Gasteiger partial charge in [0.05, 0.1) is 34.1 Å². The summed E-state index contributed by atoms with van der Waals surface area (Å²) in [6.45, 7) is 6.04. The van der Waals surface area contributed by atoms with Crippen LogP contribution in [-0.4, -0.2) is 37.8 Å². The Morgan fingerprint density at radius 1 is 1.26 bits per heavy atom. The minimum Gasteiger partial charge on any atom is -0.492 e. The summed E-state index contributed by atoms with van der Waals surface area (Å²) in [5.74, 6) is 0.227. The molecular formula is C22H25ClIN3O4. The molecule has 2 aromatic carbocycles. The van der Waals surface area contributed by atoms with E-state index in [4.69, 9.17) is 21.1 Å². The Morgan fingerprint density at radius 2 is 1.97 bits per heavy atom. The normalized spacial score (nSPS) is 12.0. The monoisotopic (exact) mass is 557 g/mol. The van der Waals surface area contributed by atoms with Crippen molar-refractivity contribution in [1.82, 2.24) is 10.7 Å². The molecule has 0 heterocycles. The van der Waals surface area contributed by atoms with E-state index >= 15 is 0 Å². The molecule has 166 valence electrons. The van der Waals surface area contributed by atoms with Crippen LogP contribution in [-0.2, 0) is 4.79 Å². The number of carbonyl (C=O) groups excluding carboxylic acids is 2. The number of rotatable bonds is 9. The molecule has 0 aliphatic heterocycles. The molecule has 0 fully saturated rings. The van der Waals surface area contributed by atoms with Gasteiger partial charge < -0.3 is 14.8 Å². The van der Waals surface area contributed by atoms with Gasteiger partial charge >= 0.3 is 0 Å². The molecule has 0 radical (unpaired) electrons. The van der Waals surface area contributed by atoms with Gasteiger partial charge in [0, 0.05) is 0 Å². The SMILES string of the molecule is CCOc1cc(C=NNC(=O)C(NC(=O)c2ccccc2Cl)C(C)C)cc(I)c1OC. The molecule has 0 bridgehead atoms. The van der Waals surface area contributed by atoms with Gasteiger partial charge in [-0.15, -0.1) is 0 Å². The lowest BCUT2D eigenvalue weighted by atomic mass is 10.0. The topological polar surface area (TPSA) is 89.0 Å². The molecule has 2 amide bonds. The fourth-order valence-electron chi connectivity index (χ4n) is 2.76. The van der Waals surface area contributed by atoms with Crippen LogP contribution in [0.1, 0.15) is 36.7 Å². The lowest BCUT2D eigenvalue weighted by molar-refractivity contribution is -0.123. The first-order chi connectivity index (χ1) is 14.8. The van der Waals surface area contributed by atoms with Gasteiger partial charge in [0.25, 0.3) is 11.8 Å². The third kappa shape index (κ3) is 6.83. The summed E-state index contributed by atoms with van der Waals surface area (Å²) in [6.07, 6.45) is 1.51. The Morgan fingerprint density at radius 3 is 2.58 bits per heavy atom. The van der Waals surface area contributed by atoms with E-state index in [1.165, 1.54) is 6.21 Å². The maximum atomic E-state index is 12.6. The predicted molar refractivity (Wildman–Crippen MR) is 130 cm³/mol. The molecule has 1 atom stereocenters. The maximum Gasteiger partial charge on any atom is 0.262 e. The van der Waals surface area contributed by atoms with E-state index in [2.05, 4.69) is 38.4 Å². The highest BCUT2D eigenvalue weighted by Crippen LogP contribution is 2.33. The zero-order chi connectivity index (χ0) is 23.0. The van der Waals surface area contributed by atoms with Crippen LogP contribution in [0, 0.1) is 9.49 Å². The van der Waals surface area contributed by atoms with E-state index in [1.54, 1.807) is 37.4 Å². The molecule has 0 aliphatic carbocycles. The highest BCUT2D eigenvalue weighted by molar-refractivity contribution is 14.1. The molecule has 31 heavy (non-hydrogen) atoms. The quantitative estimate of drug-likeness (QED) is 0.274. The van der Waals surface area contributed by atoms with Crippen molar-refractivity contribution in [3.05, 3.63) is 56.1 Å². The predicted octanol–water partition coefficient (Wildman–Crippen LogP) is 4.26. The molecule has 0 saturated carbocycles. The number of ether oxygens (including phenoxy) is 2. The number of amides is 2. The largest absolute Gasteiger partial charge is 0.492 e. The van der Waals surface area contributed by atoms with Crippen LogP contribution in [0.15, 0.2) is 41.5 Å². The lowest BCUT2D eigenvalue weighted by Crippen LogP contribution is -2.48. The van der Waals surface area contributed by atoms with Crippen molar-refractivity contribution in [3.63, 3.8) is 0 Å². The summed E-state index contributed by atoms with van der Waals surface area (Å²) >= 11 is 8.22. The smallest absolute Gasteiger partial charge is 0.262 e. The fraction of sp³-hybridized carbons (Fsp3) is 0.318. The van der Waals surface area contributed by atoms with Crippen molar-refractivity contribution >= 4 is 52.2 Å². The number of methoxy groups -OCH3 is 1. The van der Waals surface area contributed by atoms with Crippen LogP contribution < -0.4 is 20.2 Å². The van der Waals surface area contributed by atoms with Gasteiger partial charge in [0.1, 0.15) is 6.04 Å². The van der Waals surface area contributed by atoms with Crippen molar-refractivity contribution in [2.75, 3.05) is 13.7 Å². The first kappa shape index (κ1) is 24.9. The highest BCUT2D eigenvalue weighted by Gasteiger charge is 2.25. The van der Waals surface area contributed by atoms with Gasteiger partial charge in [-0.1, -0.05) is 37.6 Å². The Kier molecular flexibility index (Phi) is 9.57. The van der Waals surface area contributed by atoms with Gasteiger partial charge in [-0.3, -0.25) is 9.59 Å². The molecular weight excluding hydrogens is 533 g/mol. The van der Waals surface area contributed by atoms with Crippen molar-refractivity contribution < 1.29 is 19.1 Å². The maximum absolute atomic E-state index is 12.6. The molecule has 0 spiro atoms. The van der Waals surface area contributed by atoms with Crippen LogP contribution in [0.2, 0.25) is 5.02 Å². The summed E-state index contributed by atoms with van der Waals surface area (Å²) in [7, 11) is 1.58. The minimum atomic E-state index is -0.782. The summed E-state index contributed by atoms with van der Waals surface area (Å²) in [5.41, 5.74) is 3.53. The van der Waals surface area contributed by atoms with Crippen LogP contribution in [0.5, 0.6) is 11.5 Å². The van der Waals surface area contributed by atoms with Gasteiger partial charge in [-0.2, -0.15) is 5.10 Å². The summed E-state index contributed by atoms with van der Waals surface area (Å²) in [4.78, 5) is 25.2. The van der Waals surface area contributed by atoms with E-state index in [1.807, 2.05) is 26.8 Å². The number of hydrogen-bond donors (Lipinski definition) is 2. The van der Waals surface area contributed by atoms with Gasteiger partial charge in [0.2, 0.25) is 0 Å². The lowest BCUT2D eigenvalue weighted by Gasteiger charge is -2.20. The van der Waals surface area contributed by atoms with Crippen LogP contribution in [0.4, 0.5) is 0 Å². The average Bonchev–Trinajstić information content (AvgIpc) is 2.72. The first-order valence-electron chi connectivity index (χ1n) is 9.67. The number of hydrazone groups is 1. The molecule has 2 rings (SSSR count). The Labute approximate surface area is 200 Å². The highest BCUT2D eigenvalue weighted by atomic mass is 127.